The molecule has 0 aromatic rings. The number of hydrogen-bond acceptors (Lipinski definition) is 3. The van der Waals surface area contributed by atoms with Crippen molar-refractivity contribution in [3.63, 3.8) is 0 Å². The van der Waals surface area contributed by atoms with Gasteiger partial charge in [-0.3, -0.25) is 0 Å². The molecular formula is C10H20N3O2P. The van der Waals surface area contributed by atoms with Crippen LogP contribution < -0.4 is 11.0 Å². The molecule has 4 N–H and O–H groups in total. The summed E-state index contributed by atoms with van der Waals surface area (Å²) in [7, 11) is -3.50. The third kappa shape index (κ3) is 1.62. The molecule has 0 heterocycles. The van der Waals surface area contributed by atoms with Crippen molar-refractivity contribution in [2.24, 2.45) is 32.9 Å². The van der Waals surface area contributed by atoms with Crippen molar-refractivity contribution in [3.05, 3.63) is 0 Å². The van der Waals surface area contributed by atoms with Crippen LogP contribution in [0.5, 0.6) is 0 Å². The molecule has 0 saturated heterocycles. The van der Waals surface area contributed by atoms with E-state index in [4.69, 9.17) is 15.6 Å². The van der Waals surface area contributed by atoms with Gasteiger partial charge in [0.1, 0.15) is 0 Å². The SMILES string of the molecule is CC12CCC(C/C1=N\OP(N)(N)=O)C2(C)C. The summed E-state index contributed by atoms with van der Waals surface area (Å²) < 4.78 is 15.8. The molecule has 0 spiro atoms. The van der Waals surface area contributed by atoms with Gasteiger partial charge in [-0.15, -0.1) is 0 Å². The molecule has 2 unspecified atom stereocenters. The molecule has 2 aliphatic carbocycles. The third-order valence-corrected chi connectivity index (χ3v) is 5.13. The molecule has 2 fully saturated rings. The summed E-state index contributed by atoms with van der Waals surface area (Å²) in [5.74, 6) is 0.634. The monoisotopic (exact) mass is 245 g/mol. The first kappa shape index (κ1) is 12.1. The fourth-order valence-electron chi connectivity index (χ4n) is 3.18. The Morgan fingerprint density at radius 3 is 2.44 bits per heavy atom. The Hall–Kier alpha value is -0.380. The van der Waals surface area contributed by atoms with E-state index in [1.54, 1.807) is 0 Å². The number of oxime groups is 1. The van der Waals surface area contributed by atoms with Gasteiger partial charge in [0.2, 0.25) is 0 Å². The van der Waals surface area contributed by atoms with Crippen LogP contribution >= 0.6 is 7.67 Å². The van der Waals surface area contributed by atoms with Gasteiger partial charge in [-0.2, -0.15) is 0 Å². The number of hydrogen-bond donors (Lipinski definition) is 2. The van der Waals surface area contributed by atoms with Crippen molar-refractivity contribution in [1.82, 2.24) is 0 Å². The zero-order valence-corrected chi connectivity index (χ0v) is 11.0. The van der Waals surface area contributed by atoms with E-state index in [1.165, 1.54) is 6.42 Å². The van der Waals surface area contributed by atoms with Crippen LogP contribution in [0.15, 0.2) is 5.16 Å². The number of nitrogens with zero attached hydrogens (tertiary/aromatic N) is 1. The lowest BCUT2D eigenvalue weighted by atomic mass is 9.70. The first-order chi connectivity index (χ1) is 7.17. The number of rotatable bonds is 2. The van der Waals surface area contributed by atoms with Crippen LogP contribution in [0.2, 0.25) is 0 Å². The molecule has 2 aliphatic rings. The highest BCUT2D eigenvalue weighted by atomic mass is 31.2. The second kappa shape index (κ2) is 3.31. The predicted molar refractivity (Wildman–Crippen MR) is 63.7 cm³/mol. The van der Waals surface area contributed by atoms with Crippen molar-refractivity contribution >= 4 is 13.4 Å². The molecule has 16 heavy (non-hydrogen) atoms. The molecule has 2 rings (SSSR count). The van der Waals surface area contributed by atoms with Crippen molar-refractivity contribution < 1.29 is 9.19 Å². The van der Waals surface area contributed by atoms with Crippen LogP contribution in [0.3, 0.4) is 0 Å². The quantitative estimate of drug-likeness (QED) is 0.576. The van der Waals surface area contributed by atoms with Gasteiger partial charge in [-0.25, -0.2) is 15.6 Å². The molecule has 92 valence electrons. The predicted octanol–water partition coefficient (Wildman–Crippen LogP) is 2.23. The Bertz CT molecular complexity index is 388. The van der Waals surface area contributed by atoms with Crippen LogP contribution in [0.25, 0.3) is 0 Å². The van der Waals surface area contributed by atoms with Crippen LogP contribution in [0, 0.1) is 16.7 Å². The van der Waals surface area contributed by atoms with Crippen molar-refractivity contribution in [2.45, 2.75) is 40.0 Å². The van der Waals surface area contributed by atoms with Gasteiger partial charge < -0.3 is 4.62 Å². The average molecular weight is 245 g/mol. The highest BCUT2D eigenvalue weighted by Crippen LogP contribution is 2.64. The zero-order chi connectivity index (χ0) is 12.2. The van der Waals surface area contributed by atoms with E-state index in [1.807, 2.05) is 0 Å². The molecule has 0 aliphatic heterocycles. The first-order valence-electron chi connectivity index (χ1n) is 5.60. The second-order valence-electron chi connectivity index (χ2n) is 5.76. The second-order valence-corrected chi connectivity index (χ2v) is 7.21. The van der Waals surface area contributed by atoms with E-state index in [9.17, 15) is 4.57 Å². The fraction of sp³-hybridized carbons (Fsp3) is 0.900. The van der Waals surface area contributed by atoms with Crippen LogP contribution in [-0.2, 0) is 9.19 Å². The lowest BCUT2D eigenvalue weighted by Gasteiger charge is -2.34. The summed E-state index contributed by atoms with van der Waals surface area (Å²) >= 11 is 0. The molecular weight excluding hydrogens is 225 g/mol. The lowest BCUT2D eigenvalue weighted by molar-refractivity contribution is 0.191. The van der Waals surface area contributed by atoms with Crippen molar-refractivity contribution in [1.29, 1.82) is 0 Å². The molecule has 0 radical (unpaired) electrons. The van der Waals surface area contributed by atoms with Gasteiger partial charge in [0.05, 0.1) is 5.71 Å². The molecule has 2 atom stereocenters. The van der Waals surface area contributed by atoms with Gasteiger partial charge in [0.25, 0.3) is 0 Å². The zero-order valence-electron chi connectivity index (χ0n) is 10.1. The van der Waals surface area contributed by atoms with Gasteiger partial charge in [-0.05, 0) is 30.6 Å². The number of fused-ring (bicyclic) bond motifs is 2. The molecule has 5 nitrogen and oxygen atoms in total. The van der Waals surface area contributed by atoms with Gasteiger partial charge in [-0.1, -0.05) is 25.9 Å². The molecule has 0 amide bonds. The Labute approximate surface area is 96.1 Å². The largest absolute Gasteiger partial charge is 0.405 e. The van der Waals surface area contributed by atoms with E-state index in [-0.39, 0.29) is 10.8 Å². The van der Waals surface area contributed by atoms with Crippen molar-refractivity contribution in [2.75, 3.05) is 0 Å². The maximum absolute atomic E-state index is 11.1. The summed E-state index contributed by atoms with van der Waals surface area (Å²) in [5.41, 5.74) is 11.5. The summed E-state index contributed by atoms with van der Waals surface area (Å²) in [5, 5.41) is 3.95. The normalized spacial score (nSPS) is 39.3. The lowest BCUT2D eigenvalue weighted by Crippen LogP contribution is -2.32. The first-order valence-corrected chi connectivity index (χ1v) is 7.36. The summed E-state index contributed by atoms with van der Waals surface area (Å²) in [6, 6.07) is 0. The molecule has 6 heteroatoms. The Balaban J connectivity index is 2.25. The third-order valence-electron chi connectivity index (χ3n) is 4.79. The Morgan fingerprint density at radius 1 is 1.44 bits per heavy atom. The van der Waals surface area contributed by atoms with E-state index in [2.05, 4.69) is 25.9 Å². The summed E-state index contributed by atoms with van der Waals surface area (Å²) in [6.07, 6.45) is 3.24. The Kier molecular flexibility index (Phi) is 2.50. The van der Waals surface area contributed by atoms with E-state index >= 15 is 0 Å². The highest BCUT2D eigenvalue weighted by Gasteiger charge is 2.60. The minimum Gasteiger partial charge on any atom is -0.312 e. The molecule has 0 aromatic carbocycles. The van der Waals surface area contributed by atoms with Crippen LogP contribution in [0.1, 0.15) is 40.0 Å². The van der Waals surface area contributed by atoms with E-state index in [0.717, 1.165) is 18.6 Å². The molecule has 0 aromatic heterocycles. The molecule has 2 saturated carbocycles. The maximum Gasteiger partial charge on any atom is 0.405 e. The van der Waals surface area contributed by atoms with Crippen molar-refractivity contribution in [3.8, 4) is 0 Å². The topological polar surface area (TPSA) is 90.7 Å². The Morgan fingerprint density at radius 2 is 2.06 bits per heavy atom. The number of nitrogens with two attached hydrogens (primary N) is 2. The van der Waals surface area contributed by atoms with E-state index < -0.39 is 7.67 Å². The smallest absolute Gasteiger partial charge is 0.312 e. The minimum atomic E-state index is -3.50. The minimum absolute atomic E-state index is 0.0346. The molecule has 2 bridgehead atoms. The standard InChI is InChI=1S/C10H20N3O2P/c1-9(2)7-4-5-10(9,3)8(6-7)13-15-16(11,12)14/h7H,4-6H2,1-3H3,(H4,11,12,14)/b13-8+. The van der Waals surface area contributed by atoms with Crippen LogP contribution in [-0.4, -0.2) is 5.71 Å². The van der Waals surface area contributed by atoms with Gasteiger partial charge in [0.15, 0.2) is 0 Å². The van der Waals surface area contributed by atoms with E-state index in [0.29, 0.717) is 5.92 Å². The maximum atomic E-state index is 11.1. The average Bonchev–Trinajstić information content (AvgIpc) is 2.45. The summed E-state index contributed by atoms with van der Waals surface area (Å²) in [6.45, 7) is 6.72. The van der Waals surface area contributed by atoms with Gasteiger partial charge >= 0.3 is 7.67 Å². The highest BCUT2D eigenvalue weighted by molar-refractivity contribution is 7.53. The van der Waals surface area contributed by atoms with Crippen LogP contribution in [0.4, 0.5) is 0 Å². The summed E-state index contributed by atoms with van der Waals surface area (Å²) in [4.78, 5) is 0. The van der Waals surface area contributed by atoms with Gasteiger partial charge in [0, 0.05) is 5.41 Å². The fourth-order valence-corrected chi connectivity index (χ4v) is 3.41.